The average molecular weight is 609 g/mol. The smallest absolute Gasteiger partial charge is 0.369 e. The third-order valence-electron chi connectivity index (χ3n) is 6.58. The largest absolute Gasteiger partial charge is 0.430 e. The van der Waals surface area contributed by atoms with E-state index in [4.69, 9.17) is 11.6 Å². The molecule has 3 rings (SSSR count). The minimum absolute atomic E-state index is 0.0657. The molecule has 0 aromatic heterocycles. The second-order valence-corrected chi connectivity index (χ2v) is 12.0. The quantitative estimate of drug-likeness (QED) is 0.422. The second-order valence-electron chi connectivity index (χ2n) is 9.61. The molecule has 218 valence electrons. The van der Waals surface area contributed by atoms with Gasteiger partial charge in [-0.05, 0) is 18.1 Å². The van der Waals surface area contributed by atoms with E-state index in [2.05, 4.69) is 0 Å². The molecule has 0 unspecified atom stereocenters. The molecular formula is C24H25ClF8N2O3S. The van der Waals surface area contributed by atoms with E-state index in [9.17, 15) is 39.9 Å². The molecule has 1 aliphatic rings. The van der Waals surface area contributed by atoms with Crippen molar-refractivity contribution in [2.45, 2.75) is 44.3 Å². The fourth-order valence-corrected chi connectivity index (χ4v) is 5.62. The van der Waals surface area contributed by atoms with Crippen molar-refractivity contribution in [3.8, 4) is 11.1 Å². The maximum atomic E-state index is 15.7. The van der Waals surface area contributed by atoms with Crippen molar-refractivity contribution < 1.29 is 48.6 Å². The number of nitrogens with zero attached hydrogens (tertiary/aromatic N) is 2. The molecule has 0 bridgehead atoms. The molecule has 1 saturated heterocycles. The number of hydrogen-bond acceptors (Lipinski definition) is 4. The number of sulfonamides is 1. The first-order valence-electron chi connectivity index (χ1n) is 11.5. The van der Waals surface area contributed by atoms with Gasteiger partial charge < -0.3 is 5.11 Å². The van der Waals surface area contributed by atoms with Gasteiger partial charge in [-0.2, -0.15) is 30.6 Å². The first kappa shape index (κ1) is 31.5. The van der Waals surface area contributed by atoms with Crippen LogP contribution in [0.2, 0.25) is 5.02 Å². The van der Waals surface area contributed by atoms with Gasteiger partial charge in [-0.3, -0.25) is 4.90 Å². The zero-order chi connectivity index (χ0) is 29.7. The highest BCUT2D eigenvalue weighted by molar-refractivity contribution is 7.88. The lowest BCUT2D eigenvalue weighted by Gasteiger charge is -2.33. The van der Waals surface area contributed by atoms with E-state index in [0.717, 1.165) is 12.3 Å². The number of aliphatic hydroxyl groups is 1. The van der Waals surface area contributed by atoms with Crippen molar-refractivity contribution in [2.75, 3.05) is 32.4 Å². The highest BCUT2D eigenvalue weighted by atomic mass is 35.5. The Bertz CT molecular complexity index is 1320. The van der Waals surface area contributed by atoms with Gasteiger partial charge in [-0.15, -0.1) is 0 Å². The Hall–Kier alpha value is -2.00. The highest BCUT2D eigenvalue weighted by Crippen LogP contribution is 2.51. The molecule has 0 atom stereocenters. The van der Waals surface area contributed by atoms with Gasteiger partial charge in [0.25, 0.3) is 5.60 Å². The molecule has 1 N–H and O–H groups in total. The molecule has 2 aromatic carbocycles. The molecule has 0 radical (unpaired) electrons. The summed E-state index contributed by atoms with van der Waals surface area (Å²) in [5.41, 5.74) is -7.93. The maximum Gasteiger partial charge on any atom is 0.430 e. The molecule has 1 heterocycles. The zero-order valence-corrected chi connectivity index (χ0v) is 22.5. The van der Waals surface area contributed by atoms with Crippen LogP contribution in [0.3, 0.4) is 0 Å². The summed E-state index contributed by atoms with van der Waals surface area (Å²) in [7, 11) is -3.40. The third kappa shape index (κ3) is 6.04. The molecule has 2 aromatic rings. The van der Waals surface area contributed by atoms with Gasteiger partial charge in [0, 0.05) is 65.6 Å². The van der Waals surface area contributed by atoms with Crippen LogP contribution in [-0.4, -0.2) is 67.5 Å². The van der Waals surface area contributed by atoms with Crippen molar-refractivity contribution in [3.05, 3.63) is 57.6 Å². The number of hydrogen-bond donors (Lipinski definition) is 1. The maximum absolute atomic E-state index is 15.7. The Balaban J connectivity index is 2.05. The Labute approximate surface area is 225 Å². The van der Waals surface area contributed by atoms with E-state index < -0.39 is 61.7 Å². The van der Waals surface area contributed by atoms with Crippen LogP contribution in [0.25, 0.3) is 11.1 Å². The van der Waals surface area contributed by atoms with Gasteiger partial charge in [-0.25, -0.2) is 17.2 Å². The molecule has 5 nitrogen and oxygen atoms in total. The summed E-state index contributed by atoms with van der Waals surface area (Å²) in [5, 5.41) is 8.89. The summed E-state index contributed by atoms with van der Waals surface area (Å²) in [6.07, 6.45) is -11.2. The van der Waals surface area contributed by atoms with Gasteiger partial charge in [0.1, 0.15) is 11.6 Å². The van der Waals surface area contributed by atoms with Crippen molar-refractivity contribution in [1.82, 2.24) is 9.21 Å². The lowest BCUT2D eigenvalue weighted by molar-refractivity contribution is -0.376. The Kier molecular flexibility index (Phi) is 8.70. The SMILES string of the molecule is CC(C)c1c(F)c(CN2CCN(S(C)(=O)=O)CC2)cc(F)c1-c1ccc(C(O)(C(F)(F)F)C(F)(F)F)cc1Cl. The number of piperazine rings is 1. The zero-order valence-electron chi connectivity index (χ0n) is 20.9. The molecule has 15 heteroatoms. The van der Waals surface area contributed by atoms with E-state index in [0.29, 0.717) is 12.1 Å². The summed E-state index contributed by atoms with van der Waals surface area (Å²) in [4.78, 5) is 1.72. The van der Waals surface area contributed by atoms with Gasteiger partial charge >= 0.3 is 12.4 Å². The number of benzene rings is 2. The van der Waals surface area contributed by atoms with Crippen LogP contribution in [0, 0.1) is 11.6 Å². The van der Waals surface area contributed by atoms with Crippen molar-refractivity contribution in [1.29, 1.82) is 0 Å². The van der Waals surface area contributed by atoms with Crippen LogP contribution in [0.1, 0.15) is 36.5 Å². The normalized spacial score (nSPS) is 16.8. The first-order chi connectivity index (χ1) is 17.7. The van der Waals surface area contributed by atoms with Crippen LogP contribution < -0.4 is 0 Å². The Morgan fingerprint density at radius 1 is 0.974 bits per heavy atom. The van der Waals surface area contributed by atoms with Crippen LogP contribution in [0.5, 0.6) is 0 Å². The fourth-order valence-electron chi connectivity index (χ4n) is 4.52. The average Bonchev–Trinajstić information content (AvgIpc) is 2.78. The van der Waals surface area contributed by atoms with Crippen LogP contribution in [0.15, 0.2) is 24.3 Å². The highest BCUT2D eigenvalue weighted by Gasteiger charge is 2.71. The number of halogens is 9. The second kappa shape index (κ2) is 10.8. The summed E-state index contributed by atoms with van der Waals surface area (Å²) in [6, 6.07) is 2.09. The summed E-state index contributed by atoms with van der Waals surface area (Å²) in [6.45, 7) is 3.78. The van der Waals surface area contributed by atoms with Crippen LogP contribution in [0.4, 0.5) is 35.1 Å². The topological polar surface area (TPSA) is 60.9 Å². The molecule has 0 amide bonds. The van der Waals surface area contributed by atoms with Gasteiger partial charge in [0.05, 0.1) is 6.26 Å². The monoisotopic (exact) mass is 608 g/mol. The Morgan fingerprint density at radius 3 is 1.95 bits per heavy atom. The fraction of sp³-hybridized carbons (Fsp3) is 0.500. The minimum Gasteiger partial charge on any atom is -0.369 e. The van der Waals surface area contributed by atoms with Crippen molar-refractivity contribution in [2.24, 2.45) is 0 Å². The molecular weight excluding hydrogens is 584 g/mol. The molecule has 0 spiro atoms. The molecule has 0 aliphatic carbocycles. The number of alkyl halides is 6. The first-order valence-corrected chi connectivity index (χ1v) is 13.8. The Morgan fingerprint density at radius 2 is 1.51 bits per heavy atom. The predicted molar refractivity (Wildman–Crippen MR) is 129 cm³/mol. The molecule has 1 fully saturated rings. The van der Waals surface area contributed by atoms with Gasteiger partial charge in [0.15, 0.2) is 0 Å². The van der Waals surface area contributed by atoms with E-state index in [1.165, 1.54) is 18.2 Å². The number of rotatable bonds is 6. The molecule has 1 aliphatic heterocycles. The molecule has 39 heavy (non-hydrogen) atoms. The van der Waals surface area contributed by atoms with Crippen LogP contribution in [-0.2, 0) is 22.2 Å². The summed E-state index contributed by atoms with van der Waals surface area (Å²) < 4.78 is 136. The lowest BCUT2D eigenvalue weighted by Crippen LogP contribution is -2.53. The van der Waals surface area contributed by atoms with Crippen LogP contribution >= 0.6 is 11.6 Å². The minimum atomic E-state index is -6.15. The van der Waals surface area contributed by atoms with E-state index in [1.807, 2.05) is 0 Å². The standard InChI is InChI=1S/C24H25ClF8N2O3S/c1-13(2)19-20(16-5-4-15(11-17(16)25)22(36,23(28,29)30)24(31,32)33)18(26)10-14(21(19)27)12-34-6-8-35(9-7-34)39(3,37)38/h4-5,10-11,13,36H,6-9,12H2,1-3H3. The summed E-state index contributed by atoms with van der Waals surface area (Å²) >= 11 is 6.02. The molecule has 0 saturated carbocycles. The van der Waals surface area contributed by atoms with Crippen molar-refractivity contribution in [3.63, 3.8) is 0 Å². The van der Waals surface area contributed by atoms with E-state index in [1.54, 1.807) is 4.90 Å². The van der Waals surface area contributed by atoms with Crippen molar-refractivity contribution >= 4 is 21.6 Å². The summed E-state index contributed by atoms with van der Waals surface area (Å²) in [5.74, 6) is -2.54. The van der Waals surface area contributed by atoms with E-state index >= 15 is 8.78 Å². The van der Waals surface area contributed by atoms with Gasteiger partial charge in [0.2, 0.25) is 10.0 Å². The van der Waals surface area contributed by atoms with Gasteiger partial charge in [-0.1, -0.05) is 37.6 Å². The van der Waals surface area contributed by atoms with E-state index in [-0.39, 0.29) is 55.5 Å². The lowest BCUT2D eigenvalue weighted by atomic mass is 9.87. The third-order valence-corrected chi connectivity index (χ3v) is 8.19. The predicted octanol–water partition coefficient (Wildman–Crippen LogP) is 5.80.